The van der Waals surface area contributed by atoms with Crippen molar-refractivity contribution in [2.45, 2.75) is 70.9 Å². The van der Waals surface area contributed by atoms with Crippen molar-refractivity contribution in [3.63, 3.8) is 0 Å². The van der Waals surface area contributed by atoms with Crippen LogP contribution in [0, 0.1) is 11.8 Å². The lowest BCUT2D eigenvalue weighted by Gasteiger charge is -2.34. The van der Waals surface area contributed by atoms with Gasteiger partial charge in [-0.1, -0.05) is 25.5 Å². The van der Waals surface area contributed by atoms with Gasteiger partial charge < -0.3 is 28.8 Å². The summed E-state index contributed by atoms with van der Waals surface area (Å²) < 4.78 is 28.1. The van der Waals surface area contributed by atoms with Crippen molar-refractivity contribution in [2.24, 2.45) is 11.8 Å². The van der Waals surface area contributed by atoms with Crippen LogP contribution in [-0.2, 0) is 9.47 Å². The Balaban J connectivity index is 1.93. The average molecular weight is 449 g/mol. The second kappa shape index (κ2) is 9.71. The number of carbonyl (C=O) groups excluding carboxylic acids is 1. The Morgan fingerprint density at radius 3 is 2.31 bits per heavy atom. The van der Waals surface area contributed by atoms with Crippen molar-refractivity contribution >= 4 is 5.97 Å². The lowest BCUT2D eigenvalue weighted by molar-refractivity contribution is -0.0419. The maximum absolute atomic E-state index is 13.2. The van der Waals surface area contributed by atoms with Gasteiger partial charge in [-0.25, -0.2) is 4.79 Å². The second-order valence-corrected chi connectivity index (χ2v) is 9.31. The van der Waals surface area contributed by atoms with E-state index in [1.165, 1.54) is 21.3 Å². The highest BCUT2D eigenvalue weighted by Crippen LogP contribution is 2.47. The Morgan fingerprint density at radius 1 is 1.16 bits per heavy atom. The van der Waals surface area contributed by atoms with Gasteiger partial charge in [-0.3, -0.25) is 0 Å². The molecule has 1 aromatic carbocycles. The molecular weight excluding hydrogens is 412 g/mol. The molecule has 5 atom stereocenters. The van der Waals surface area contributed by atoms with Crippen LogP contribution in [0.5, 0.6) is 17.2 Å². The number of ether oxygens (including phenoxy) is 5. The number of epoxide rings is 1. The minimum Gasteiger partial charge on any atom is -0.493 e. The number of aliphatic hydroxyl groups excluding tert-OH is 1. The summed E-state index contributed by atoms with van der Waals surface area (Å²) in [5.41, 5.74) is 1.10. The molecule has 1 heterocycles. The number of methoxy groups -OCH3 is 3. The van der Waals surface area contributed by atoms with E-state index in [2.05, 4.69) is 6.08 Å². The average Bonchev–Trinajstić information content (AvgIpc) is 3.43. The second-order valence-electron chi connectivity index (χ2n) is 9.31. The zero-order valence-corrected chi connectivity index (χ0v) is 20.1. The third-order valence-corrected chi connectivity index (χ3v) is 6.66. The van der Waals surface area contributed by atoms with Crippen molar-refractivity contribution < 1.29 is 33.6 Å². The minimum absolute atomic E-state index is 0.0865. The first-order valence-corrected chi connectivity index (χ1v) is 11.2. The van der Waals surface area contributed by atoms with E-state index in [0.717, 1.165) is 18.4 Å². The molecule has 7 nitrogen and oxygen atoms in total. The molecule has 1 aliphatic heterocycles. The van der Waals surface area contributed by atoms with Gasteiger partial charge in [-0.2, -0.15) is 0 Å². The summed E-state index contributed by atoms with van der Waals surface area (Å²) in [6.45, 7) is 8.16. The number of fused-ring (bicyclic) bond motifs is 1. The number of allylic oxidation sites excluding steroid dienone is 1. The molecule has 1 saturated heterocycles. The predicted octanol–water partition coefficient (Wildman–Crippen LogP) is 4.16. The van der Waals surface area contributed by atoms with Crippen LogP contribution in [-0.4, -0.2) is 56.3 Å². The van der Waals surface area contributed by atoms with Gasteiger partial charge in [0.05, 0.1) is 38.6 Å². The van der Waals surface area contributed by atoms with Crippen LogP contribution in [0.25, 0.3) is 0 Å². The maximum atomic E-state index is 13.2. The lowest BCUT2D eigenvalue weighted by Crippen LogP contribution is -2.43. The molecule has 0 amide bonds. The van der Waals surface area contributed by atoms with Crippen molar-refractivity contribution in [3.05, 3.63) is 29.3 Å². The first-order valence-electron chi connectivity index (χ1n) is 11.2. The molecule has 1 N–H and O–H groups in total. The Kier molecular flexibility index (Phi) is 7.40. The standard InChI is InChI=1S/C25H36O7/c1-14(2)20-17(11-15(3)9-8-10-25(4)23(32-25)21(20)26)31-24(27)16-12-18(28-5)22(30-7)19(13-16)29-6/h9,12-14,17,20-21,23,26H,8,10-11H2,1-7H3/t17-,20+,21-,23+,25-/m0/s1. The van der Waals surface area contributed by atoms with E-state index in [0.29, 0.717) is 29.2 Å². The minimum atomic E-state index is -0.719. The lowest BCUT2D eigenvalue weighted by atomic mass is 9.78. The van der Waals surface area contributed by atoms with Gasteiger partial charge in [0.1, 0.15) is 12.2 Å². The summed E-state index contributed by atoms with van der Waals surface area (Å²) in [5.74, 6) is 0.477. The summed E-state index contributed by atoms with van der Waals surface area (Å²) >= 11 is 0. The van der Waals surface area contributed by atoms with Crippen LogP contribution in [0.2, 0.25) is 0 Å². The molecule has 0 spiro atoms. The first-order chi connectivity index (χ1) is 15.1. The zero-order chi connectivity index (χ0) is 23.6. The van der Waals surface area contributed by atoms with Crippen LogP contribution in [0.4, 0.5) is 0 Å². The number of rotatable bonds is 6. The largest absolute Gasteiger partial charge is 0.493 e. The Morgan fingerprint density at radius 2 is 1.78 bits per heavy atom. The maximum Gasteiger partial charge on any atom is 0.338 e. The molecule has 2 aliphatic rings. The molecule has 1 aromatic rings. The quantitative estimate of drug-likeness (QED) is 0.397. The third kappa shape index (κ3) is 4.89. The van der Waals surface area contributed by atoms with E-state index in [9.17, 15) is 9.90 Å². The third-order valence-electron chi connectivity index (χ3n) is 6.66. The number of hydrogen-bond donors (Lipinski definition) is 1. The smallest absolute Gasteiger partial charge is 0.338 e. The highest BCUT2D eigenvalue weighted by molar-refractivity contribution is 5.91. The number of carbonyl (C=O) groups is 1. The van der Waals surface area contributed by atoms with Crippen LogP contribution in [0.15, 0.2) is 23.8 Å². The zero-order valence-electron chi connectivity index (χ0n) is 20.1. The van der Waals surface area contributed by atoms with Gasteiger partial charge in [0.2, 0.25) is 5.75 Å². The SMILES string of the molecule is COc1cc(C(=O)O[C@H]2CC(C)=CCC[C@]3(C)O[C@@H]3[C@@H](O)[C@@H]2C(C)C)cc(OC)c1OC. The fourth-order valence-electron chi connectivity index (χ4n) is 4.80. The molecule has 178 valence electrons. The van der Waals surface area contributed by atoms with Crippen molar-refractivity contribution in [2.75, 3.05) is 21.3 Å². The normalized spacial score (nSPS) is 30.1. The molecule has 0 unspecified atom stereocenters. The van der Waals surface area contributed by atoms with Crippen LogP contribution in [0.1, 0.15) is 57.3 Å². The number of benzene rings is 1. The van der Waals surface area contributed by atoms with Gasteiger partial charge in [0, 0.05) is 12.3 Å². The molecule has 1 aliphatic carbocycles. The van der Waals surface area contributed by atoms with Gasteiger partial charge in [-0.15, -0.1) is 0 Å². The fraction of sp³-hybridized carbons (Fsp3) is 0.640. The molecule has 0 bridgehead atoms. The topological polar surface area (TPSA) is 86.8 Å². The monoisotopic (exact) mass is 448 g/mol. The summed E-state index contributed by atoms with van der Waals surface area (Å²) in [7, 11) is 4.51. The molecule has 0 aromatic heterocycles. The highest BCUT2D eigenvalue weighted by Gasteiger charge is 2.58. The van der Waals surface area contributed by atoms with Crippen LogP contribution < -0.4 is 14.2 Å². The van der Waals surface area contributed by atoms with Crippen LogP contribution in [0.3, 0.4) is 0 Å². The molecular formula is C25H36O7. The number of esters is 1. The van der Waals surface area contributed by atoms with Gasteiger partial charge in [0.25, 0.3) is 0 Å². The van der Waals surface area contributed by atoms with E-state index in [1.807, 2.05) is 27.7 Å². The Labute approximate surface area is 190 Å². The van der Waals surface area contributed by atoms with E-state index in [1.54, 1.807) is 12.1 Å². The summed E-state index contributed by atoms with van der Waals surface area (Å²) in [4.78, 5) is 13.2. The molecule has 32 heavy (non-hydrogen) atoms. The van der Waals surface area contributed by atoms with E-state index in [4.69, 9.17) is 23.7 Å². The Bertz CT molecular complexity index is 837. The number of aliphatic hydroxyl groups is 1. The van der Waals surface area contributed by atoms with Gasteiger partial charge >= 0.3 is 5.97 Å². The van der Waals surface area contributed by atoms with Crippen molar-refractivity contribution in [1.82, 2.24) is 0 Å². The number of hydrogen-bond acceptors (Lipinski definition) is 7. The fourth-order valence-corrected chi connectivity index (χ4v) is 4.80. The van der Waals surface area contributed by atoms with E-state index >= 15 is 0 Å². The van der Waals surface area contributed by atoms with Crippen molar-refractivity contribution in [3.8, 4) is 17.2 Å². The van der Waals surface area contributed by atoms with Crippen LogP contribution >= 0.6 is 0 Å². The molecule has 7 heteroatoms. The highest BCUT2D eigenvalue weighted by atomic mass is 16.6. The summed E-state index contributed by atoms with van der Waals surface area (Å²) in [6, 6.07) is 3.16. The predicted molar refractivity (Wildman–Crippen MR) is 121 cm³/mol. The summed E-state index contributed by atoms with van der Waals surface area (Å²) in [5, 5.41) is 11.2. The molecule has 3 rings (SSSR count). The molecule has 0 radical (unpaired) electrons. The van der Waals surface area contributed by atoms with Gasteiger partial charge in [-0.05, 0) is 44.7 Å². The Hall–Kier alpha value is -2.25. The molecule has 1 fully saturated rings. The first kappa shape index (κ1) is 24.4. The molecule has 0 saturated carbocycles. The summed E-state index contributed by atoms with van der Waals surface area (Å²) in [6.07, 6.45) is 3.00. The van der Waals surface area contributed by atoms with E-state index < -0.39 is 18.2 Å². The van der Waals surface area contributed by atoms with E-state index in [-0.39, 0.29) is 23.5 Å². The van der Waals surface area contributed by atoms with Crippen molar-refractivity contribution in [1.29, 1.82) is 0 Å². The van der Waals surface area contributed by atoms with Gasteiger partial charge in [0.15, 0.2) is 11.5 Å².